The van der Waals surface area contributed by atoms with E-state index >= 15 is 0 Å². The van der Waals surface area contributed by atoms with Gasteiger partial charge in [-0.25, -0.2) is 4.98 Å². The Morgan fingerprint density at radius 2 is 1.68 bits per heavy atom. The van der Waals surface area contributed by atoms with Gasteiger partial charge in [0.25, 0.3) is 5.91 Å². The van der Waals surface area contributed by atoms with Gasteiger partial charge in [0.2, 0.25) is 0 Å². The van der Waals surface area contributed by atoms with Crippen LogP contribution in [0.4, 0.5) is 5.69 Å². The molecule has 28 heavy (non-hydrogen) atoms. The van der Waals surface area contributed by atoms with Crippen LogP contribution in [-0.4, -0.2) is 22.4 Å². The van der Waals surface area contributed by atoms with E-state index in [1.54, 1.807) is 30.7 Å². The Morgan fingerprint density at radius 3 is 2.46 bits per heavy atom. The largest absolute Gasteiger partial charge is 0.493 e. The van der Waals surface area contributed by atoms with Gasteiger partial charge in [-0.1, -0.05) is 30.3 Å². The predicted molar refractivity (Wildman–Crippen MR) is 107 cm³/mol. The molecule has 140 valence electrons. The molecule has 0 unspecified atom stereocenters. The van der Waals surface area contributed by atoms with Crippen molar-refractivity contribution in [2.75, 3.05) is 12.4 Å². The molecule has 0 aliphatic carbocycles. The first-order chi connectivity index (χ1) is 13.7. The number of aromatic nitrogens is 2. The fraction of sp³-hybridized carbons (Fsp3) is 0.0909. The van der Waals surface area contributed by atoms with Crippen molar-refractivity contribution in [2.45, 2.75) is 6.92 Å². The van der Waals surface area contributed by atoms with Gasteiger partial charge in [-0.3, -0.25) is 9.20 Å². The molecular formula is C22H19N3O3. The zero-order valence-electron chi connectivity index (χ0n) is 15.5. The molecule has 0 aliphatic rings. The molecule has 2 heterocycles. The number of rotatable bonds is 5. The van der Waals surface area contributed by atoms with Crippen LogP contribution in [-0.2, 0) is 0 Å². The molecule has 2 aromatic heterocycles. The second-order valence-corrected chi connectivity index (χ2v) is 6.18. The maximum absolute atomic E-state index is 13.0. The van der Waals surface area contributed by atoms with Crippen molar-refractivity contribution in [1.82, 2.24) is 9.38 Å². The highest BCUT2D eigenvalue weighted by atomic mass is 16.5. The Balaban J connectivity index is 1.67. The van der Waals surface area contributed by atoms with Gasteiger partial charge in [-0.15, -0.1) is 0 Å². The van der Waals surface area contributed by atoms with Gasteiger partial charge in [0.05, 0.1) is 18.5 Å². The maximum atomic E-state index is 13.0. The summed E-state index contributed by atoms with van der Waals surface area (Å²) in [6, 6.07) is 20.4. The van der Waals surface area contributed by atoms with E-state index in [0.717, 1.165) is 0 Å². The van der Waals surface area contributed by atoms with E-state index in [2.05, 4.69) is 10.3 Å². The van der Waals surface area contributed by atoms with Crippen LogP contribution in [0.2, 0.25) is 0 Å². The molecule has 4 aromatic rings. The topological polar surface area (TPSA) is 64.9 Å². The number of fused-ring (bicyclic) bond motifs is 1. The van der Waals surface area contributed by atoms with Crippen molar-refractivity contribution in [3.05, 3.63) is 84.3 Å². The summed E-state index contributed by atoms with van der Waals surface area (Å²) in [5.41, 5.74) is 2.24. The van der Waals surface area contributed by atoms with Gasteiger partial charge < -0.3 is 14.8 Å². The zero-order valence-corrected chi connectivity index (χ0v) is 15.5. The lowest BCUT2D eigenvalue weighted by molar-refractivity contribution is 0.102. The van der Waals surface area contributed by atoms with E-state index in [9.17, 15) is 4.79 Å². The van der Waals surface area contributed by atoms with Crippen LogP contribution in [0.3, 0.4) is 0 Å². The van der Waals surface area contributed by atoms with Crippen molar-refractivity contribution < 1.29 is 14.3 Å². The van der Waals surface area contributed by atoms with Crippen molar-refractivity contribution in [1.29, 1.82) is 0 Å². The highest BCUT2D eigenvalue weighted by Gasteiger charge is 2.20. The molecule has 1 amide bonds. The fourth-order valence-corrected chi connectivity index (χ4v) is 3.04. The summed E-state index contributed by atoms with van der Waals surface area (Å²) in [5, 5.41) is 2.94. The van der Waals surface area contributed by atoms with Crippen LogP contribution in [0.15, 0.2) is 72.9 Å². The molecule has 6 nitrogen and oxygen atoms in total. The summed E-state index contributed by atoms with van der Waals surface area (Å²) in [6.07, 6.45) is 1.79. The van der Waals surface area contributed by atoms with Crippen LogP contribution < -0.4 is 14.8 Å². The number of anilines is 1. The van der Waals surface area contributed by atoms with Crippen LogP contribution in [0.1, 0.15) is 16.2 Å². The second-order valence-electron chi connectivity index (χ2n) is 6.18. The maximum Gasteiger partial charge on any atom is 0.274 e. The number of amides is 1. The van der Waals surface area contributed by atoms with Gasteiger partial charge >= 0.3 is 0 Å². The molecule has 4 rings (SSSR count). The summed E-state index contributed by atoms with van der Waals surface area (Å²) >= 11 is 0. The highest BCUT2D eigenvalue weighted by molar-refractivity contribution is 6.05. The van der Waals surface area contributed by atoms with E-state index in [-0.39, 0.29) is 5.91 Å². The zero-order chi connectivity index (χ0) is 19.5. The Hall–Kier alpha value is -3.80. The number of nitrogens with zero attached hydrogens (tertiary/aromatic N) is 2. The third-order valence-electron chi connectivity index (χ3n) is 4.33. The number of para-hydroxylation sites is 3. The molecule has 0 saturated carbocycles. The number of carbonyl (C=O) groups is 1. The first-order valence-electron chi connectivity index (χ1n) is 8.82. The number of imidazole rings is 1. The van der Waals surface area contributed by atoms with Gasteiger partial charge in [-0.2, -0.15) is 0 Å². The quantitative estimate of drug-likeness (QED) is 0.551. The number of pyridine rings is 1. The summed E-state index contributed by atoms with van der Waals surface area (Å²) in [4.78, 5) is 17.5. The normalized spacial score (nSPS) is 10.6. The average molecular weight is 373 g/mol. The summed E-state index contributed by atoms with van der Waals surface area (Å²) in [5.74, 6) is 1.59. The molecule has 2 aromatic carbocycles. The molecular weight excluding hydrogens is 354 g/mol. The van der Waals surface area contributed by atoms with E-state index in [0.29, 0.717) is 40.0 Å². The Labute approximate surface area is 162 Å². The lowest BCUT2D eigenvalue weighted by Crippen LogP contribution is -2.16. The standard InChI is InChI=1S/C22H19N3O3/c1-15-20(25-14-8-13-19(27-2)21(25)23-15)22(26)24-17-11-6-7-12-18(17)28-16-9-4-3-5-10-16/h3-14H,1-2H3,(H,24,26). The number of benzene rings is 2. The fourth-order valence-electron chi connectivity index (χ4n) is 3.04. The monoisotopic (exact) mass is 373 g/mol. The van der Waals surface area contributed by atoms with Crippen LogP contribution in [0.5, 0.6) is 17.2 Å². The Bertz CT molecular complexity index is 1140. The third-order valence-corrected chi connectivity index (χ3v) is 4.33. The Morgan fingerprint density at radius 1 is 0.964 bits per heavy atom. The average Bonchev–Trinajstić information content (AvgIpc) is 3.06. The Kier molecular flexibility index (Phi) is 4.68. The molecule has 0 saturated heterocycles. The number of hydrogen-bond acceptors (Lipinski definition) is 4. The van der Waals surface area contributed by atoms with Crippen molar-refractivity contribution in [3.8, 4) is 17.2 Å². The molecule has 0 atom stereocenters. The number of nitrogens with one attached hydrogen (secondary N) is 1. The van der Waals surface area contributed by atoms with Gasteiger partial charge in [0, 0.05) is 6.20 Å². The van der Waals surface area contributed by atoms with Crippen molar-refractivity contribution in [2.24, 2.45) is 0 Å². The third kappa shape index (κ3) is 3.27. The molecule has 0 aliphatic heterocycles. The summed E-state index contributed by atoms with van der Waals surface area (Å²) in [7, 11) is 1.58. The number of hydrogen-bond donors (Lipinski definition) is 1. The van der Waals surface area contributed by atoms with Crippen molar-refractivity contribution >= 4 is 17.2 Å². The van der Waals surface area contributed by atoms with Crippen LogP contribution in [0.25, 0.3) is 5.65 Å². The van der Waals surface area contributed by atoms with Gasteiger partial charge in [-0.05, 0) is 43.3 Å². The van der Waals surface area contributed by atoms with E-state index in [1.165, 1.54) is 0 Å². The first-order valence-corrected chi connectivity index (χ1v) is 8.82. The second kappa shape index (κ2) is 7.44. The predicted octanol–water partition coefficient (Wildman–Crippen LogP) is 4.70. The lowest BCUT2D eigenvalue weighted by Gasteiger charge is -2.12. The van der Waals surface area contributed by atoms with Crippen LogP contribution in [0, 0.1) is 6.92 Å². The number of aryl methyl sites for hydroxylation is 1. The summed E-state index contributed by atoms with van der Waals surface area (Å²) in [6.45, 7) is 1.80. The van der Waals surface area contributed by atoms with E-state index in [1.807, 2.05) is 60.7 Å². The van der Waals surface area contributed by atoms with E-state index in [4.69, 9.17) is 9.47 Å². The van der Waals surface area contributed by atoms with Gasteiger partial charge in [0.1, 0.15) is 11.4 Å². The molecule has 0 bridgehead atoms. The van der Waals surface area contributed by atoms with E-state index < -0.39 is 0 Å². The molecule has 0 spiro atoms. The van der Waals surface area contributed by atoms with Crippen molar-refractivity contribution in [3.63, 3.8) is 0 Å². The highest BCUT2D eigenvalue weighted by Crippen LogP contribution is 2.30. The lowest BCUT2D eigenvalue weighted by atomic mass is 10.2. The number of carbonyl (C=O) groups excluding carboxylic acids is 1. The SMILES string of the molecule is COc1cccn2c(C(=O)Nc3ccccc3Oc3ccccc3)c(C)nc12. The molecule has 0 radical (unpaired) electrons. The summed E-state index contributed by atoms with van der Waals surface area (Å²) < 4.78 is 13.0. The smallest absolute Gasteiger partial charge is 0.274 e. The molecule has 1 N–H and O–H groups in total. The molecule has 0 fully saturated rings. The number of ether oxygens (including phenoxy) is 2. The van der Waals surface area contributed by atoms with Gasteiger partial charge in [0.15, 0.2) is 17.1 Å². The number of methoxy groups -OCH3 is 1. The minimum Gasteiger partial charge on any atom is -0.493 e. The first kappa shape index (κ1) is 17.6. The minimum atomic E-state index is -0.276. The van der Waals surface area contributed by atoms with Crippen LogP contribution >= 0.6 is 0 Å². The minimum absolute atomic E-state index is 0.276. The molecule has 6 heteroatoms.